The Morgan fingerprint density at radius 2 is 2.00 bits per heavy atom. The average Bonchev–Trinajstić information content (AvgIpc) is 3.79. The Labute approximate surface area is 243 Å². The lowest BCUT2D eigenvalue weighted by atomic mass is 10.1. The molecule has 0 radical (unpaired) electrons. The number of carbonyl (C=O) groups is 1. The zero-order valence-electron chi connectivity index (χ0n) is 22.3. The third-order valence-corrected chi connectivity index (χ3v) is 10.3. The smallest absolute Gasteiger partial charge is 0.319 e. The third-order valence-electron chi connectivity index (χ3n) is 7.24. The molecule has 2 heterocycles. The van der Waals surface area contributed by atoms with E-state index in [0.717, 1.165) is 0 Å². The molecule has 1 saturated heterocycles. The number of nitrogens with zero attached hydrogens (tertiary/aromatic N) is 4. The van der Waals surface area contributed by atoms with Gasteiger partial charge in [0.15, 0.2) is 5.82 Å². The van der Waals surface area contributed by atoms with Crippen LogP contribution >= 0.6 is 22.2 Å². The van der Waals surface area contributed by atoms with E-state index in [9.17, 15) is 23.6 Å². The van der Waals surface area contributed by atoms with Crippen molar-refractivity contribution in [2.24, 2.45) is 0 Å². The fourth-order valence-electron chi connectivity index (χ4n) is 4.86. The summed E-state index contributed by atoms with van der Waals surface area (Å²) < 4.78 is 40.3. The first-order valence-electron chi connectivity index (χ1n) is 13.1. The molecule has 10 nitrogen and oxygen atoms in total. The maximum absolute atomic E-state index is 12.4. The molecule has 216 valence electrons. The molecule has 4 N–H and O–H groups in total. The van der Waals surface area contributed by atoms with Crippen molar-refractivity contribution in [2.75, 3.05) is 43.2 Å². The lowest BCUT2D eigenvalue weighted by molar-refractivity contribution is 0.0985. The molecule has 2 fully saturated rings. The van der Waals surface area contributed by atoms with Crippen molar-refractivity contribution < 1.29 is 23.0 Å². The topological polar surface area (TPSA) is 144 Å². The maximum Gasteiger partial charge on any atom is 0.319 e. The summed E-state index contributed by atoms with van der Waals surface area (Å²) in [5, 5.41) is 14.4. The number of hydrogen-bond donors (Lipinski definition) is 4. The number of rotatable bonds is 8. The van der Waals surface area contributed by atoms with Crippen LogP contribution in [0.2, 0.25) is 5.02 Å². The van der Waals surface area contributed by atoms with E-state index in [1.807, 2.05) is 19.1 Å². The summed E-state index contributed by atoms with van der Waals surface area (Å²) in [6.45, 7) is 2.96. The van der Waals surface area contributed by atoms with Crippen molar-refractivity contribution in [2.45, 2.75) is 35.4 Å². The molecular weight excluding hydrogens is 571 g/mol. The minimum absolute atomic E-state index is 0.0391. The van der Waals surface area contributed by atoms with Crippen LogP contribution in [0.4, 0.5) is 20.7 Å². The van der Waals surface area contributed by atoms with Crippen molar-refractivity contribution in [1.29, 1.82) is 5.26 Å². The lowest BCUT2D eigenvalue weighted by Crippen LogP contribution is -2.44. The summed E-state index contributed by atoms with van der Waals surface area (Å²) in [4.78, 5) is 23.9. The Hall–Kier alpha value is -3.47. The van der Waals surface area contributed by atoms with Crippen molar-refractivity contribution in [1.82, 2.24) is 15.3 Å². The van der Waals surface area contributed by atoms with E-state index in [2.05, 4.69) is 15.5 Å². The number of alkyl halides is 1. The number of carbonyl (C=O) groups excluding carboxylic acids is 1. The van der Waals surface area contributed by atoms with Crippen molar-refractivity contribution in [3.63, 3.8) is 0 Å². The quantitative estimate of drug-likeness (QED) is 0.255. The first-order chi connectivity index (χ1) is 19.7. The first kappa shape index (κ1) is 29.0. The van der Waals surface area contributed by atoms with Crippen LogP contribution in [-0.4, -0.2) is 64.1 Å². The molecule has 13 heteroatoms. The van der Waals surface area contributed by atoms with Gasteiger partial charge in [-0.1, -0.05) is 11.6 Å². The zero-order chi connectivity index (χ0) is 29.2. The Bertz CT molecular complexity index is 1480. The summed E-state index contributed by atoms with van der Waals surface area (Å²) >= 11 is 6.43. The second-order valence-electron chi connectivity index (χ2n) is 10.00. The number of amides is 2. The van der Waals surface area contributed by atoms with Crippen LogP contribution in [0.1, 0.15) is 31.0 Å². The molecule has 5 rings (SSSR count). The van der Waals surface area contributed by atoms with Gasteiger partial charge in [0, 0.05) is 30.4 Å². The normalized spacial score (nSPS) is 18.3. The summed E-state index contributed by atoms with van der Waals surface area (Å²) in [6, 6.07) is 14.7. The van der Waals surface area contributed by atoms with Gasteiger partial charge in [0.05, 0.1) is 46.5 Å². The van der Waals surface area contributed by atoms with Crippen molar-refractivity contribution in [3.05, 3.63) is 64.8 Å². The molecular formula is C28H30ClFN6O4S. The summed E-state index contributed by atoms with van der Waals surface area (Å²) in [7, 11) is -3.48. The number of nitriles is 1. The molecule has 1 aliphatic carbocycles. The van der Waals surface area contributed by atoms with Crippen molar-refractivity contribution >= 4 is 39.7 Å². The molecule has 1 aliphatic heterocycles. The summed E-state index contributed by atoms with van der Waals surface area (Å²) in [5.74, 6) is 1.03. The minimum Gasteiger partial charge on any atom is -0.377 e. The van der Waals surface area contributed by atoms with Gasteiger partial charge < -0.3 is 20.3 Å². The molecule has 0 unspecified atom stereocenters. The number of urea groups is 1. The summed E-state index contributed by atoms with van der Waals surface area (Å²) in [6.07, 6.45) is 0.966. The van der Waals surface area contributed by atoms with Gasteiger partial charge in [-0.05, 0) is 62.2 Å². The molecule has 3 aromatic rings. The largest absolute Gasteiger partial charge is 0.377 e. The fourth-order valence-corrected chi connectivity index (χ4v) is 7.44. The number of morpholine rings is 1. The highest BCUT2D eigenvalue weighted by Crippen LogP contribution is 2.76. The van der Waals surface area contributed by atoms with E-state index in [1.54, 1.807) is 24.3 Å². The predicted octanol–water partition coefficient (Wildman–Crippen LogP) is 5.78. The van der Waals surface area contributed by atoms with Crippen LogP contribution in [0.15, 0.2) is 53.4 Å². The van der Waals surface area contributed by atoms with Crippen LogP contribution in [0.25, 0.3) is 11.4 Å². The SMILES string of the molecule is C[C@H]1COCCN1c1cc(C2(S(O)(O)c3ccc(C#N)cc3Cl)CC2)nc(-c2ccc(NC(=O)NCCF)cc2)n1. The Kier molecular flexibility index (Phi) is 8.35. The number of ether oxygens (including phenoxy) is 1. The molecule has 2 aromatic carbocycles. The highest BCUT2D eigenvalue weighted by molar-refractivity contribution is 8.25. The maximum atomic E-state index is 12.4. The minimum atomic E-state index is -3.48. The third kappa shape index (κ3) is 5.82. The van der Waals surface area contributed by atoms with Crippen LogP contribution in [-0.2, 0) is 9.48 Å². The molecule has 1 aromatic heterocycles. The van der Waals surface area contributed by atoms with Gasteiger partial charge in [0.2, 0.25) is 0 Å². The second-order valence-corrected chi connectivity index (χ2v) is 12.7. The van der Waals surface area contributed by atoms with E-state index >= 15 is 0 Å². The Morgan fingerprint density at radius 3 is 2.63 bits per heavy atom. The fraction of sp³-hybridized carbons (Fsp3) is 0.357. The van der Waals surface area contributed by atoms with Gasteiger partial charge >= 0.3 is 6.03 Å². The van der Waals surface area contributed by atoms with Crippen LogP contribution in [0.5, 0.6) is 0 Å². The van der Waals surface area contributed by atoms with E-state index < -0.39 is 28.0 Å². The highest BCUT2D eigenvalue weighted by atomic mass is 35.5. The Morgan fingerprint density at radius 1 is 1.24 bits per heavy atom. The lowest BCUT2D eigenvalue weighted by Gasteiger charge is -2.42. The molecule has 1 atom stereocenters. The van der Waals surface area contributed by atoms with E-state index in [-0.39, 0.29) is 22.5 Å². The number of aromatic nitrogens is 2. The van der Waals surface area contributed by atoms with Crippen LogP contribution < -0.4 is 15.5 Å². The molecule has 1 saturated carbocycles. The van der Waals surface area contributed by atoms with Gasteiger partial charge in [-0.2, -0.15) is 15.9 Å². The molecule has 2 aliphatic rings. The number of anilines is 2. The average molecular weight is 601 g/mol. The number of hydrogen-bond acceptors (Lipinski definition) is 8. The monoisotopic (exact) mass is 600 g/mol. The van der Waals surface area contributed by atoms with Crippen molar-refractivity contribution in [3.8, 4) is 17.5 Å². The van der Waals surface area contributed by atoms with Gasteiger partial charge in [-0.15, -0.1) is 0 Å². The highest BCUT2D eigenvalue weighted by Gasteiger charge is 2.58. The summed E-state index contributed by atoms with van der Waals surface area (Å²) in [5.41, 5.74) is 1.98. The van der Waals surface area contributed by atoms with Gasteiger partial charge in [0.25, 0.3) is 0 Å². The zero-order valence-corrected chi connectivity index (χ0v) is 23.9. The van der Waals surface area contributed by atoms with Gasteiger partial charge in [-0.3, -0.25) is 9.11 Å². The molecule has 2 amide bonds. The van der Waals surface area contributed by atoms with Gasteiger partial charge in [-0.25, -0.2) is 19.2 Å². The molecule has 41 heavy (non-hydrogen) atoms. The number of halogens is 2. The molecule has 0 spiro atoms. The van der Waals surface area contributed by atoms with Crippen LogP contribution in [0.3, 0.4) is 0 Å². The Balaban J connectivity index is 1.54. The second kappa shape index (κ2) is 11.8. The number of nitrogens with one attached hydrogen (secondary N) is 2. The predicted molar refractivity (Wildman–Crippen MR) is 156 cm³/mol. The van der Waals surface area contributed by atoms with E-state index in [1.165, 1.54) is 18.2 Å². The van der Waals surface area contributed by atoms with Gasteiger partial charge in [0.1, 0.15) is 17.2 Å². The first-order valence-corrected chi connectivity index (χ1v) is 15.0. The standard InChI is InChI=1S/C28H30ClFN6O4S/c1-18-17-40-13-12-36(18)25-15-24(28(8-9-28)41(38,39)23-7-2-19(16-31)14-22(23)29)34-26(35-25)20-3-5-21(6-4-20)33-27(37)32-11-10-30/h2-7,14-15,18,38-39H,8-13,17H2,1H3,(H2,32,33,37)/t18-/m0/s1. The van der Waals surface area contributed by atoms with Crippen LogP contribution in [0, 0.1) is 11.3 Å². The number of benzene rings is 2. The van der Waals surface area contributed by atoms with E-state index in [4.69, 9.17) is 26.3 Å². The molecule has 0 bridgehead atoms. The van der Waals surface area contributed by atoms with E-state index in [0.29, 0.717) is 66.8 Å².